The molecule has 1 saturated carbocycles. The number of carbonyl (C=O) groups is 1. The quantitative estimate of drug-likeness (QED) is 0.124. The van der Waals surface area contributed by atoms with Gasteiger partial charge >= 0.3 is 0 Å². The molecule has 11 nitrogen and oxygen atoms in total. The molecular weight excluding hydrogens is 626 g/mol. The molecule has 2 aliphatic heterocycles. The molecule has 262 valence electrons. The summed E-state index contributed by atoms with van der Waals surface area (Å²) in [5, 5.41) is 58.0. The highest BCUT2D eigenvalue weighted by Gasteiger charge is 2.58. The highest BCUT2D eigenvalue weighted by atomic mass is 16.5. The van der Waals surface area contributed by atoms with Crippen molar-refractivity contribution < 1.29 is 39.8 Å². The predicted molar refractivity (Wildman–Crippen MR) is 183 cm³/mol. The van der Waals surface area contributed by atoms with Gasteiger partial charge in [0.05, 0.1) is 37.7 Å². The first-order valence-corrected chi connectivity index (χ1v) is 17.1. The molecule has 0 radical (unpaired) electrons. The molecule has 3 heterocycles. The van der Waals surface area contributed by atoms with Gasteiger partial charge in [-0.25, -0.2) is 0 Å². The lowest BCUT2D eigenvalue weighted by molar-refractivity contribution is -0.134. The number of allylic oxidation sites excluding steroid dienone is 2. The Morgan fingerprint density at radius 1 is 1.16 bits per heavy atom. The molecule has 1 fully saturated rings. The zero-order valence-corrected chi connectivity index (χ0v) is 27.8. The molecule has 6 rings (SSSR count). The first-order chi connectivity index (χ1) is 23.6. The predicted octanol–water partition coefficient (Wildman–Crippen LogP) is 3.91. The van der Waals surface area contributed by atoms with Crippen LogP contribution >= 0.6 is 0 Å². The maximum absolute atomic E-state index is 14.8. The molecule has 1 aromatic heterocycles. The third-order valence-corrected chi connectivity index (χ3v) is 10.7. The molecule has 3 aliphatic rings. The summed E-state index contributed by atoms with van der Waals surface area (Å²) in [6.07, 6.45) is 7.82. The van der Waals surface area contributed by atoms with Crippen LogP contribution in [0.15, 0.2) is 66.1 Å². The second-order valence-electron chi connectivity index (χ2n) is 13.5. The first kappa shape index (κ1) is 34.3. The molecule has 9 N–H and O–H groups in total. The lowest BCUT2D eigenvalue weighted by atomic mass is 9.58. The number of ketones is 1. The van der Waals surface area contributed by atoms with E-state index in [1.54, 1.807) is 12.1 Å². The highest BCUT2D eigenvalue weighted by Crippen LogP contribution is 2.57. The molecule has 3 aromatic rings. The fourth-order valence-corrected chi connectivity index (χ4v) is 8.41. The maximum atomic E-state index is 14.8. The van der Waals surface area contributed by atoms with Crippen LogP contribution in [0.25, 0.3) is 0 Å². The van der Waals surface area contributed by atoms with Gasteiger partial charge in [-0.1, -0.05) is 12.1 Å². The van der Waals surface area contributed by atoms with E-state index in [-0.39, 0.29) is 48.0 Å². The fourth-order valence-electron chi connectivity index (χ4n) is 8.41. The van der Waals surface area contributed by atoms with Crippen molar-refractivity contribution in [2.24, 2.45) is 23.0 Å². The smallest absolute Gasteiger partial charge is 0.200 e. The van der Waals surface area contributed by atoms with Gasteiger partial charge in [-0.15, -0.1) is 0 Å². The number of ether oxygens (including phenoxy) is 2. The number of phenolic OH excluding ortho intramolecular Hbond substituents is 3. The van der Waals surface area contributed by atoms with Crippen molar-refractivity contribution >= 4 is 5.78 Å². The van der Waals surface area contributed by atoms with Crippen LogP contribution in [0.4, 0.5) is 0 Å². The van der Waals surface area contributed by atoms with Crippen molar-refractivity contribution in [2.75, 3.05) is 20.3 Å². The Morgan fingerprint density at radius 2 is 2.00 bits per heavy atom. The summed E-state index contributed by atoms with van der Waals surface area (Å²) < 4.78 is 11.0. The van der Waals surface area contributed by atoms with Gasteiger partial charge in [-0.3, -0.25) is 4.79 Å². The number of rotatable bonds is 13. The summed E-state index contributed by atoms with van der Waals surface area (Å²) in [5.74, 6) is -1.07. The first-order valence-electron chi connectivity index (χ1n) is 17.1. The molecule has 0 spiro atoms. The minimum Gasteiger partial charge on any atom is -0.504 e. The monoisotopic (exact) mass is 673 g/mol. The summed E-state index contributed by atoms with van der Waals surface area (Å²) in [5.41, 5.74) is 9.61. The van der Waals surface area contributed by atoms with Crippen molar-refractivity contribution in [3.63, 3.8) is 0 Å². The van der Waals surface area contributed by atoms with E-state index in [2.05, 4.69) is 10.3 Å². The Labute approximate surface area is 286 Å². The van der Waals surface area contributed by atoms with Crippen LogP contribution in [-0.4, -0.2) is 68.8 Å². The third-order valence-electron chi connectivity index (χ3n) is 10.7. The number of aliphatic hydroxyl groups is 2. The number of hydrogen-bond acceptors (Lipinski definition) is 10. The van der Waals surface area contributed by atoms with Gasteiger partial charge in [-0.2, -0.15) is 0 Å². The standard InChI is InChI=1S/C38H47N3O8/c1-48-33-19-22(18-32(46)36(33)47)6-9-29(43)35(30(44)10-7-23-8-11-31(45)37-26(23)5-3-17-49-37)38(24-13-16-41-34(39)20-24)14-12-28(42)27(38)21-25-4-2-15-40-25/h2,4,8,11,13,15,18-20,27-28,30,35,40-42,44-47H,3,5-7,9-10,12,14,16-17,21,39H2,1H3/t27-,28+,30-,35-,38-/m1/s1. The number of phenols is 3. The summed E-state index contributed by atoms with van der Waals surface area (Å²) in [4.78, 5) is 18.0. The number of Topliss-reactive ketones (excluding diaryl/α,β-unsaturated/α-hetero) is 1. The maximum Gasteiger partial charge on any atom is 0.200 e. The summed E-state index contributed by atoms with van der Waals surface area (Å²) in [7, 11) is 1.39. The average molecular weight is 674 g/mol. The molecule has 0 amide bonds. The molecular formula is C38H47N3O8. The Bertz CT molecular complexity index is 1720. The van der Waals surface area contributed by atoms with Gasteiger partial charge in [-0.05, 0) is 104 Å². The van der Waals surface area contributed by atoms with Crippen molar-refractivity contribution in [1.29, 1.82) is 0 Å². The Balaban J connectivity index is 1.39. The van der Waals surface area contributed by atoms with Crippen molar-refractivity contribution in [3.05, 3.63) is 88.5 Å². The van der Waals surface area contributed by atoms with Crippen LogP contribution in [0.2, 0.25) is 0 Å². The van der Waals surface area contributed by atoms with Gasteiger partial charge in [0.15, 0.2) is 23.0 Å². The van der Waals surface area contributed by atoms with Crippen LogP contribution in [0.5, 0.6) is 28.7 Å². The number of benzene rings is 2. The number of nitrogens with two attached hydrogens (primary N) is 1. The molecule has 2 aromatic carbocycles. The summed E-state index contributed by atoms with van der Waals surface area (Å²) in [6, 6.07) is 10.3. The van der Waals surface area contributed by atoms with Crippen molar-refractivity contribution in [2.45, 2.75) is 70.0 Å². The second-order valence-corrected chi connectivity index (χ2v) is 13.5. The molecule has 1 aliphatic carbocycles. The minimum absolute atomic E-state index is 0.0370. The van der Waals surface area contributed by atoms with Gasteiger partial charge in [0.25, 0.3) is 0 Å². The van der Waals surface area contributed by atoms with Crippen molar-refractivity contribution in [3.8, 4) is 28.7 Å². The number of aryl methyl sites for hydroxylation is 2. The van der Waals surface area contributed by atoms with E-state index >= 15 is 0 Å². The number of fused-ring (bicyclic) bond motifs is 1. The fraction of sp³-hybridized carbons (Fsp3) is 0.447. The van der Waals surface area contributed by atoms with Crippen LogP contribution < -0.4 is 20.5 Å². The van der Waals surface area contributed by atoms with E-state index in [1.165, 1.54) is 13.2 Å². The van der Waals surface area contributed by atoms with Crippen LogP contribution in [-0.2, 0) is 30.5 Å². The van der Waals surface area contributed by atoms with E-state index < -0.39 is 29.5 Å². The SMILES string of the molecule is COc1cc(CCC(=O)[C@H]([C@H](O)CCc2ccc(O)c3c2CCCO3)[C@@]2(C3=CCNC(N)=C3)CC[C@H](O)[C@H]2Cc2ccc[nH]2)cc(O)c1O. The topological polar surface area (TPSA) is 191 Å². The lowest BCUT2D eigenvalue weighted by Crippen LogP contribution is -2.50. The number of methoxy groups -OCH3 is 1. The van der Waals surface area contributed by atoms with E-state index in [0.29, 0.717) is 56.0 Å². The summed E-state index contributed by atoms with van der Waals surface area (Å²) >= 11 is 0. The number of nitrogens with one attached hydrogen (secondary N) is 2. The van der Waals surface area contributed by atoms with Crippen LogP contribution in [0.3, 0.4) is 0 Å². The van der Waals surface area contributed by atoms with Gasteiger partial charge in [0, 0.05) is 41.8 Å². The number of aliphatic hydroxyl groups excluding tert-OH is 2. The number of aromatic hydroxyl groups is 3. The molecule has 0 saturated heterocycles. The lowest BCUT2D eigenvalue weighted by Gasteiger charge is -2.46. The molecule has 49 heavy (non-hydrogen) atoms. The number of dihydropyridines is 1. The zero-order chi connectivity index (χ0) is 34.7. The largest absolute Gasteiger partial charge is 0.504 e. The number of hydrogen-bond donors (Lipinski definition) is 8. The Kier molecular flexibility index (Phi) is 10.1. The highest BCUT2D eigenvalue weighted by molar-refractivity contribution is 5.84. The zero-order valence-electron chi connectivity index (χ0n) is 27.8. The summed E-state index contributed by atoms with van der Waals surface area (Å²) in [6.45, 7) is 0.982. The number of aromatic amines is 1. The van der Waals surface area contributed by atoms with Crippen LogP contribution in [0, 0.1) is 17.3 Å². The molecule has 11 heteroatoms. The Hall–Kier alpha value is -4.61. The minimum atomic E-state index is -1.09. The van der Waals surface area contributed by atoms with Gasteiger partial charge < -0.3 is 51.0 Å². The van der Waals surface area contributed by atoms with Gasteiger partial charge in [0.2, 0.25) is 5.75 Å². The number of aromatic nitrogens is 1. The normalized spacial score (nSPS) is 23.0. The number of H-pyrrole nitrogens is 1. The van der Waals surface area contributed by atoms with Crippen LogP contribution in [0.1, 0.15) is 54.5 Å². The number of carbonyl (C=O) groups excluding carboxylic acids is 1. The van der Waals surface area contributed by atoms with Gasteiger partial charge in [0.1, 0.15) is 5.78 Å². The third kappa shape index (κ3) is 6.82. The Morgan fingerprint density at radius 3 is 2.76 bits per heavy atom. The van der Waals surface area contributed by atoms with E-state index in [0.717, 1.165) is 35.2 Å². The average Bonchev–Trinajstić information content (AvgIpc) is 3.74. The van der Waals surface area contributed by atoms with Crippen molar-refractivity contribution in [1.82, 2.24) is 10.3 Å². The van der Waals surface area contributed by atoms with E-state index in [9.17, 15) is 30.3 Å². The molecule has 5 atom stereocenters. The molecule has 0 bridgehead atoms. The second kappa shape index (κ2) is 14.5. The molecule has 0 unspecified atom stereocenters. The van der Waals surface area contributed by atoms with E-state index in [1.807, 2.05) is 36.5 Å². The van der Waals surface area contributed by atoms with E-state index in [4.69, 9.17) is 15.2 Å².